The lowest BCUT2D eigenvalue weighted by Crippen LogP contribution is -2.47. The van der Waals surface area contributed by atoms with Crippen molar-refractivity contribution in [3.05, 3.63) is 24.3 Å². The number of hydrogen-bond donors (Lipinski definition) is 2. The average molecular weight is 391 g/mol. The minimum Gasteiger partial charge on any atom is -0.454 e. The molecule has 0 radical (unpaired) electrons. The molecule has 2 fully saturated rings. The van der Waals surface area contributed by atoms with Gasteiger partial charge in [0.25, 0.3) is 5.91 Å². The Labute approximate surface area is 161 Å². The van der Waals surface area contributed by atoms with Crippen molar-refractivity contribution in [3.63, 3.8) is 0 Å². The fourth-order valence-electron chi connectivity index (χ4n) is 3.27. The van der Waals surface area contributed by atoms with Gasteiger partial charge in [-0.2, -0.15) is 0 Å². The van der Waals surface area contributed by atoms with Crippen LogP contribution in [-0.4, -0.2) is 51.9 Å². The van der Waals surface area contributed by atoms with Crippen LogP contribution in [0.3, 0.4) is 0 Å². The van der Waals surface area contributed by atoms with Gasteiger partial charge >= 0.3 is 5.97 Å². The first-order chi connectivity index (χ1) is 12.8. The molecule has 0 spiro atoms. The van der Waals surface area contributed by atoms with Crippen molar-refractivity contribution in [2.75, 3.05) is 23.0 Å². The molecule has 2 aliphatic heterocycles. The minimum atomic E-state index is -0.639. The van der Waals surface area contributed by atoms with Crippen LogP contribution in [0.15, 0.2) is 24.3 Å². The van der Waals surface area contributed by atoms with Gasteiger partial charge in [0.2, 0.25) is 11.8 Å². The summed E-state index contributed by atoms with van der Waals surface area (Å²) in [6, 6.07) is 5.93. The molecule has 9 heteroatoms. The topological polar surface area (TPSA) is 105 Å². The molecule has 3 rings (SSSR count). The molecule has 0 bridgehead atoms. The van der Waals surface area contributed by atoms with Crippen molar-refractivity contribution in [1.29, 1.82) is 0 Å². The molecule has 8 nitrogen and oxygen atoms in total. The Bertz CT molecular complexity index is 782. The number of nitrogens with one attached hydrogen (secondary N) is 2. The third-order valence-corrected chi connectivity index (χ3v) is 6.06. The SMILES string of the molecule is CC(=O)Nc1ccc(NC(=O)COC(=O)[C@H]2CS[C@]3(C)CCC(=O)N23)cc1. The quantitative estimate of drug-likeness (QED) is 0.739. The van der Waals surface area contributed by atoms with E-state index in [0.29, 0.717) is 23.5 Å². The second-order valence-corrected chi connectivity index (χ2v) is 8.18. The third kappa shape index (κ3) is 4.24. The van der Waals surface area contributed by atoms with Gasteiger partial charge < -0.3 is 20.3 Å². The lowest BCUT2D eigenvalue weighted by Gasteiger charge is -2.29. The Morgan fingerprint density at radius 1 is 1.22 bits per heavy atom. The van der Waals surface area contributed by atoms with Crippen LogP contribution in [-0.2, 0) is 23.9 Å². The van der Waals surface area contributed by atoms with Crippen molar-refractivity contribution in [2.24, 2.45) is 0 Å². The largest absolute Gasteiger partial charge is 0.454 e. The summed E-state index contributed by atoms with van der Waals surface area (Å²) >= 11 is 1.57. The van der Waals surface area contributed by atoms with E-state index in [1.807, 2.05) is 6.92 Å². The van der Waals surface area contributed by atoms with Crippen LogP contribution in [0, 0.1) is 0 Å². The second kappa shape index (κ2) is 7.59. The van der Waals surface area contributed by atoms with Crippen LogP contribution in [0.5, 0.6) is 0 Å². The highest BCUT2D eigenvalue weighted by molar-refractivity contribution is 8.01. The molecule has 2 saturated heterocycles. The van der Waals surface area contributed by atoms with Crippen molar-refractivity contribution in [1.82, 2.24) is 4.90 Å². The first-order valence-corrected chi connectivity index (χ1v) is 9.57. The number of esters is 1. The maximum absolute atomic E-state index is 12.3. The van der Waals surface area contributed by atoms with Crippen LogP contribution in [0.2, 0.25) is 0 Å². The minimum absolute atomic E-state index is 0.0480. The molecule has 2 heterocycles. The molecule has 27 heavy (non-hydrogen) atoms. The summed E-state index contributed by atoms with van der Waals surface area (Å²) in [5.74, 6) is -0.785. The van der Waals surface area contributed by atoms with Crippen LogP contribution in [0.1, 0.15) is 26.7 Å². The number of fused-ring (bicyclic) bond motifs is 1. The van der Waals surface area contributed by atoms with Gasteiger partial charge in [-0.3, -0.25) is 14.4 Å². The summed E-state index contributed by atoms with van der Waals surface area (Å²) in [5, 5.41) is 5.24. The van der Waals surface area contributed by atoms with Crippen molar-refractivity contribution < 1.29 is 23.9 Å². The monoisotopic (exact) mass is 391 g/mol. The summed E-state index contributed by atoms with van der Waals surface area (Å²) in [4.78, 5) is 48.6. The van der Waals surface area contributed by atoms with E-state index in [9.17, 15) is 19.2 Å². The Kier molecular flexibility index (Phi) is 5.41. The Morgan fingerprint density at radius 3 is 2.48 bits per heavy atom. The lowest BCUT2D eigenvalue weighted by molar-refractivity contribution is -0.155. The van der Waals surface area contributed by atoms with E-state index in [1.165, 1.54) is 6.92 Å². The Hall–Kier alpha value is -2.55. The molecule has 2 atom stereocenters. The number of ether oxygens (including phenoxy) is 1. The van der Waals surface area contributed by atoms with Gasteiger partial charge in [0, 0.05) is 30.5 Å². The van der Waals surface area contributed by atoms with Crippen LogP contribution in [0.4, 0.5) is 11.4 Å². The maximum atomic E-state index is 12.3. The standard InChI is InChI=1S/C18H21N3O5S/c1-11(22)19-12-3-5-13(6-4-12)20-15(23)9-26-17(25)14-10-27-18(2)8-7-16(24)21(14)18/h3-6,14H,7-10H2,1-2H3,(H,19,22)(H,20,23)/t14-,18-/m1/s1. The predicted molar refractivity (Wildman–Crippen MR) is 101 cm³/mol. The van der Waals surface area contributed by atoms with E-state index in [1.54, 1.807) is 40.9 Å². The molecule has 0 aromatic heterocycles. The van der Waals surface area contributed by atoms with E-state index < -0.39 is 24.5 Å². The molecule has 3 amide bonds. The van der Waals surface area contributed by atoms with Crippen LogP contribution in [0.25, 0.3) is 0 Å². The van der Waals surface area contributed by atoms with Gasteiger partial charge in [-0.25, -0.2) is 4.79 Å². The number of carbonyl (C=O) groups is 4. The number of benzene rings is 1. The summed E-state index contributed by atoms with van der Waals surface area (Å²) in [5.41, 5.74) is 1.13. The highest BCUT2D eigenvalue weighted by Gasteiger charge is 2.53. The van der Waals surface area contributed by atoms with Gasteiger partial charge in [-0.1, -0.05) is 0 Å². The van der Waals surface area contributed by atoms with E-state index in [4.69, 9.17) is 4.74 Å². The smallest absolute Gasteiger partial charge is 0.330 e. The zero-order valence-corrected chi connectivity index (χ0v) is 15.9. The first kappa shape index (κ1) is 19.2. The Morgan fingerprint density at radius 2 is 1.85 bits per heavy atom. The van der Waals surface area contributed by atoms with Gasteiger partial charge in [0.05, 0.1) is 4.87 Å². The molecule has 1 aromatic carbocycles. The zero-order chi connectivity index (χ0) is 19.6. The van der Waals surface area contributed by atoms with E-state index in [-0.39, 0.29) is 16.7 Å². The number of anilines is 2. The summed E-state index contributed by atoms with van der Waals surface area (Å²) in [7, 11) is 0. The number of rotatable bonds is 5. The highest BCUT2D eigenvalue weighted by atomic mass is 32.2. The molecule has 144 valence electrons. The first-order valence-electron chi connectivity index (χ1n) is 8.59. The normalized spacial score (nSPS) is 23.7. The second-order valence-electron chi connectivity index (χ2n) is 6.68. The molecule has 1 aromatic rings. The molecule has 0 unspecified atom stereocenters. The van der Waals surface area contributed by atoms with Crippen molar-refractivity contribution >= 4 is 46.8 Å². The molecule has 2 N–H and O–H groups in total. The molecular formula is C18H21N3O5S. The fourth-order valence-corrected chi connectivity index (χ4v) is 4.68. The third-order valence-electron chi connectivity index (χ3n) is 4.55. The molecule has 0 aliphatic carbocycles. The number of thioether (sulfide) groups is 1. The number of nitrogens with zero attached hydrogens (tertiary/aromatic N) is 1. The van der Waals surface area contributed by atoms with Crippen LogP contribution >= 0.6 is 11.8 Å². The summed E-state index contributed by atoms with van der Waals surface area (Å²) in [6.45, 7) is 2.94. The van der Waals surface area contributed by atoms with E-state index in [2.05, 4.69) is 10.6 Å². The van der Waals surface area contributed by atoms with Crippen molar-refractivity contribution in [2.45, 2.75) is 37.6 Å². The summed E-state index contributed by atoms with van der Waals surface area (Å²) < 4.78 is 5.12. The molecule has 2 aliphatic rings. The number of carbonyl (C=O) groups excluding carboxylic acids is 4. The van der Waals surface area contributed by atoms with Gasteiger partial charge in [0.1, 0.15) is 6.04 Å². The molecular weight excluding hydrogens is 370 g/mol. The van der Waals surface area contributed by atoms with Gasteiger partial charge in [-0.15, -0.1) is 11.8 Å². The van der Waals surface area contributed by atoms with Crippen molar-refractivity contribution in [3.8, 4) is 0 Å². The van der Waals surface area contributed by atoms with E-state index >= 15 is 0 Å². The predicted octanol–water partition coefficient (Wildman–Crippen LogP) is 1.58. The fraction of sp³-hybridized carbons (Fsp3) is 0.444. The van der Waals surface area contributed by atoms with Gasteiger partial charge in [-0.05, 0) is 37.6 Å². The van der Waals surface area contributed by atoms with Gasteiger partial charge in [0.15, 0.2) is 6.61 Å². The number of hydrogen-bond acceptors (Lipinski definition) is 6. The molecule has 0 saturated carbocycles. The summed E-state index contributed by atoms with van der Waals surface area (Å²) in [6.07, 6.45) is 1.15. The lowest BCUT2D eigenvalue weighted by atomic mass is 10.2. The number of amides is 3. The van der Waals surface area contributed by atoms with Crippen LogP contribution < -0.4 is 10.6 Å². The zero-order valence-electron chi connectivity index (χ0n) is 15.1. The highest BCUT2D eigenvalue weighted by Crippen LogP contribution is 2.47. The average Bonchev–Trinajstić information content (AvgIpc) is 3.10. The maximum Gasteiger partial charge on any atom is 0.330 e. The van der Waals surface area contributed by atoms with E-state index in [0.717, 1.165) is 6.42 Å². The Balaban J connectivity index is 1.50.